The predicted molar refractivity (Wildman–Crippen MR) is 362 cm³/mol. The van der Waals surface area contributed by atoms with E-state index in [1.54, 1.807) is 13.8 Å². The molecular weight excluding hydrogens is 1370 g/mol. The van der Waals surface area contributed by atoms with Crippen molar-refractivity contribution in [3.8, 4) is 0 Å². The summed E-state index contributed by atoms with van der Waals surface area (Å²) in [5, 5.41) is 62.1. The maximum absolute atomic E-state index is 14.4. The van der Waals surface area contributed by atoms with E-state index in [1.165, 1.54) is 4.90 Å². The summed E-state index contributed by atoms with van der Waals surface area (Å²) >= 11 is 16.4. The van der Waals surface area contributed by atoms with Crippen molar-refractivity contribution in [3.63, 3.8) is 0 Å². The van der Waals surface area contributed by atoms with Gasteiger partial charge in [0.15, 0.2) is 5.96 Å². The summed E-state index contributed by atoms with van der Waals surface area (Å²) in [7, 11) is 0. The van der Waals surface area contributed by atoms with E-state index in [0.29, 0.717) is 25.7 Å². The summed E-state index contributed by atoms with van der Waals surface area (Å²) in [6.45, 7) is 2.44. The van der Waals surface area contributed by atoms with Crippen LogP contribution in [-0.4, -0.2) is 265 Å². The first-order valence-electron chi connectivity index (χ1n) is 31.3. The van der Waals surface area contributed by atoms with E-state index in [2.05, 4.69) is 98.0 Å². The number of aliphatic hydroxyl groups excluding tert-OH is 1. The fraction of sp³-hybridized carbons (Fsp3) is 0.696. The van der Waals surface area contributed by atoms with Gasteiger partial charge in [-0.25, -0.2) is 4.79 Å². The molecular formula is C56H94N18O20S4. The van der Waals surface area contributed by atoms with Gasteiger partial charge in [-0.1, -0.05) is 13.8 Å². The van der Waals surface area contributed by atoms with Crippen LogP contribution in [0.5, 0.6) is 0 Å². The quantitative estimate of drug-likeness (QED) is 0.0117. The second kappa shape index (κ2) is 44.2. The molecule has 0 aromatic carbocycles. The molecule has 13 amide bonds. The molecule has 2 rings (SSSR count). The van der Waals surface area contributed by atoms with Gasteiger partial charge in [0.1, 0.15) is 72.5 Å². The Morgan fingerprint density at radius 2 is 0.878 bits per heavy atom. The highest BCUT2D eigenvalue weighted by molar-refractivity contribution is 7.80. The normalized spacial score (nSPS) is 17.6. The molecule has 2 heterocycles. The highest BCUT2D eigenvalue weighted by Crippen LogP contribution is 2.22. The van der Waals surface area contributed by atoms with Crippen LogP contribution in [0.3, 0.4) is 0 Å². The third-order valence-corrected chi connectivity index (χ3v) is 16.9. The van der Waals surface area contributed by atoms with E-state index in [9.17, 15) is 97.1 Å². The number of aliphatic imine (C=N–C) groups is 1. The molecule has 0 spiro atoms. The van der Waals surface area contributed by atoms with Crippen LogP contribution in [0.15, 0.2) is 4.99 Å². The number of rotatable bonds is 45. The lowest BCUT2D eigenvalue weighted by Gasteiger charge is -2.31. The van der Waals surface area contributed by atoms with E-state index in [0.717, 1.165) is 4.90 Å². The number of likely N-dealkylation sites (tertiary alicyclic amines) is 2. The molecule has 13 atom stereocenters. The van der Waals surface area contributed by atoms with Gasteiger partial charge in [-0.2, -0.15) is 50.5 Å². The number of nitrogens with two attached hydrogens (primary N) is 5. The molecule has 2 fully saturated rings. The van der Waals surface area contributed by atoms with Crippen molar-refractivity contribution in [2.45, 2.75) is 182 Å². The lowest BCUT2D eigenvalue weighted by molar-refractivity contribution is -0.142. The molecule has 98 heavy (non-hydrogen) atoms. The Bertz CT molecular complexity index is 2860. The zero-order valence-electron chi connectivity index (χ0n) is 54.2. The van der Waals surface area contributed by atoms with Crippen LogP contribution in [0.2, 0.25) is 0 Å². The average Bonchev–Trinajstić information content (AvgIpc) is 1.59. The number of nitrogens with one attached hydrogen (secondary N) is 10. The van der Waals surface area contributed by atoms with Crippen LogP contribution in [0.4, 0.5) is 0 Å². The molecule has 42 heteroatoms. The average molecular weight is 1470 g/mol. The number of unbranched alkanes of at least 4 members (excludes halogenated alkanes) is 1. The molecule has 0 saturated carbocycles. The van der Waals surface area contributed by atoms with Crippen molar-refractivity contribution >= 4 is 151 Å². The topological polar surface area (TPSA) is 623 Å². The van der Waals surface area contributed by atoms with E-state index < -0.39 is 229 Å². The first kappa shape index (κ1) is 86.2. The lowest BCUT2D eigenvalue weighted by Crippen LogP contribution is -2.61. The largest absolute Gasteiger partial charge is 0.481 e. The third kappa shape index (κ3) is 28.9. The van der Waals surface area contributed by atoms with Crippen LogP contribution in [-0.2, 0) is 76.7 Å². The standard InChI is InChI=1S/C56H94N18O20S4/c1-26(2)42(72-46(84)28(8-3-4-16-57)65-50(88)37-10-6-18-73(37)53(91)27(58)22-95)52(90)70-35(24-97)54(92)74-19-7-11-38(74)51(89)66-29(9-5-17-62-56(60)61)43(81)63-31(13-15-41(79)80)45(83)69-34(23-96)49(87)64-30(12-14-40(77)78)44(82)68-33(21-75)48(86)67-32(20-39(59)76)47(85)71-36(25-98)55(93)94/h26-38,42,75,95-98H,3-25,57-58H2,1-2H3,(H2,59,76)(H,63,81)(H,64,87)(H,65,88)(H,66,89)(H,67,86)(H,68,82)(H,69,83)(H,70,90)(H,71,85)(H,72,84)(H,77,78)(H,79,80)(H,93,94)(H4,60,61,62)/t27-,28-,29-,30-,31-,32-,33-,34-,35-,36-,37-,38-,42-/m0/s1. The third-order valence-electron chi connectivity index (χ3n) is 15.4. The summed E-state index contributed by atoms with van der Waals surface area (Å²) in [4.78, 5) is 219. The minimum absolute atomic E-state index is 0.00929. The molecule has 552 valence electrons. The second-order valence-corrected chi connectivity index (χ2v) is 24.7. The highest BCUT2D eigenvalue weighted by Gasteiger charge is 2.42. The molecule has 38 nitrogen and oxygen atoms in total. The molecule has 2 aliphatic heterocycles. The lowest BCUT2D eigenvalue weighted by atomic mass is 10.0. The first-order chi connectivity index (χ1) is 46.2. The Labute approximate surface area is 586 Å². The number of carbonyl (C=O) groups is 16. The zero-order chi connectivity index (χ0) is 74.1. The number of thiol groups is 4. The van der Waals surface area contributed by atoms with Gasteiger partial charge < -0.3 is 112 Å². The number of hydrogen-bond donors (Lipinski definition) is 23. The summed E-state index contributed by atoms with van der Waals surface area (Å²) in [6.07, 6.45) is -2.04. The molecule has 0 aliphatic carbocycles. The maximum Gasteiger partial charge on any atom is 0.327 e. The van der Waals surface area contributed by atoms with Crippen LogP contribution in [0, 0.1) is 5.92 Å². The zero-order valence-corrected chi connectivity index (χ0v) is 57.8. The van der Waals surface area contributed by atoms with Gasteiger partial charge in [0, 0.05) is 55.5 Å². The van der Waals surface area contributed by atoms with Crippen LogP contribution >= 0.6 is 50.5 Å². The van der Waals surface area contributed by atoms with Crippen LogP contribution < -0.4 is 81.8 Å². The number of aliphatic hydroxyl groups is 1. The number of carboxylic acid groups (broad SMARTS) is 3. The molecule has 0 aromatic heterocycles. The van der Waals surface area contributed by atoms with Crippen molar-refractivity contribution in [1.82, 2.24) is 63.0 Å². The summed E-state index contributed by atoms with van der Waals surface area (Å²) < 4.78 is 0. The van der Waals surface area contributed by atoms with Gasteiger partial charge in [-0.05, 0) is 83.1 Å². The van der Waals surface area contributed by atoms with Crippen molar-refractivity contribution in [2.24, 2.45) is 39.6 Å². The predicted octanol–water partition coefficient (Wildman–Crippen LogP) is -8.62. The number of amides is 13. The van der Waals surface area contributed by atoms with Gasteiger partial charge >= 0.3 is 17.9 Å². The van der Waals surface area contributed by atoms with E-state index in [1.807, 2.05) is 10.6 Å². The van der Waals surface area contributed by atoms with Gasteiger partial charge in [-0.3, -0.25) is 76.9 Å². The summed E-state index contributed by atoms with van der Waals surface area (Å²) in [5.74, 6) is -19.7. The van der Waals surface area contributed by atoms with Crippen LogP contribution in [0.25, 0.3) is 0 Å². The molecule has 24 N–H and O–H groups in total. The number of carboxylic acids is 3. The highest BCUT2D eigenvalue weighted by atomic mass is 32.1. The van der Waals surface area contributed by atoms with Gasteiger partial charge in [0.2, 0.25) is 76.8 Å². The van der Waals surface area contributed by atoms with Gasteiger partial charge in [0.25, 0.3) is 0 Å². The maximum atomic E-state index is 14.4. The monoisotopic (exact) mass is 1470 g/mol. The van der Waals surface area contributed by atoms with Gasteiger partial charge in [0.05, 0.1) is 19.1 Å². The number of aliphatic carboxylic acids is 3. The van der Waals surface area contributed by atoms with Crippen LogP contribution in [0.1, 0.15) is 104 Å². The number of primary amides is 1. The van der Waals surface area contributed by atoms with E-state index in [4.69, 9.17) is 28.7 Å². The number of hydrogen-bond acceptors (Lipinski definition) is 24. The Morgan fingerprint density at radius 3 is 1.31 bits per heavy atom. The van der Waals surface area contributed by atoms with Crippen molar-refractivity contribution in [3.05, 3.63) is 0 Å². The molecule has 0 unspecified atom stereocenters. The Morgan fingerprint density at radius 1 is 0.480 bits per heavy atom. The van der Waals surface area contributed by atoms with Crippen molar-refractivity contribution in [2.75, 3.05) is 55.8 Å². The molecule has 0 radical (unpaired) electrons. The summed E-state index contributed by atoms with van der Waals surface area (Å²) in [5.41, 5.74) is 27.9. The first-order valence-corrected chi connectivity index (χ1v) is 33.9. The molecule has 2 aliphatic rings. The number of carbonyl (C=O) groups excluding carboxylic acids is 13. The van der Waals surface area contributed by atoms with Crippen molar-refractivity contribution < 1.29 is 97.1 Å². The van der Waals surface area contributed by atoms with E-state index in [-0.39, 0.29) is 75.7 Å². The van der Waals surface area contributed by atoms with E-state index >= 15 is 0 Å². The molecule has 2 saturated heterocycles. The van der Waals surface area contributed by atoms with Crippen molar-refractivity contribution in [1.29, 1.82) is 0 Å². The number of nitrogens with zero attached hydrogens (tertiary/aromatic N) is 3. The van der Waals surface area contributed by atoms with Gasteiger partial charge in [-0.15, -0.1) is 0 Å². The molecule has 0 bridgehead atoms. The Hall–Kier alpha value is -7.93. The number of guanidine groups is 1. The minimum Gasteiger partial charge on any atom is -0.481 e. The SMILES string of the molecule is CC(C)[C@H](NC(=O)[C@H](CCCCN)NC(=O)[C@@H]1CCCN1C(=O)[C@@H](N)CS)C(=O)N[C@@H](CS)C(=O)N1CCC[C@H]1C(=O)N[C@@H](CCCN=C(N)N)C(=O)N[C@@H](CCC(=O)O)C(=O)N[C@@H](CS)C(=O)N[C@@H](CCC(=O)O)C(=O)N[C@@H](CO)C(=O)N[C@@H](CC(N)=O)C(=O)N[C@@H](CS)C(=O)O. The molecule has 0 aromatic rings. The fourth-order valence-electron chi connectivity index (χ4n) is 10.1. The fourth-order valence-corrected chi connectivity index (χ4v) is 11.0. The Balaban J connectivity index is 2.39. The second-order valence-electron chi connectivity index (χ2n) is 23.3. The summed E-state index contributed by atoms with van der Waals surface area (Å²) in [6, 6.07) is -19.6. The minimum atomic E-state index is -1.99. The smallest absolute Gasteiger partial charge is 0.327 e. The Kier molecular flexibility index (Phi) is 38.8.